The van der Waals surface area contributed by atoms with Crippen LogP contribution in [0.5, 0.6) is 0 Å². The van der Waals surface area contributed by atoms with Crippen molar-refractivity contribution >= 4 is 17.5 Å². The van der Waals surface area contributed by atoms with E-state index in [1.54, 1.807) is 0 Å². The van der Waals surface area contributed by atoms with E-state index in [0.717, 1.165) is 18.0 Å². The van der Waals surface area contributed by atoms with Crippen LogP contribution < -0.4 is 5.32 Å². The Hall–Kier alpha value is -1.10. The molecule has 0 spiro atoms. The van der Waals surface area contributed by atoms with Crippen molar-refractivity contribution in [3.63, 3.8) is 0 Å². The van der Waals surface area contributed by atoms with Gasteiger partial charge in [-0.3, -0.25) is 4.79 Å². The van der Waals surface area contributed by atoms with E-state index in [1.165, 1.54) is 12.8 Å². The van der Waals surface area contributed by atoms with Crippen LogP contribution >= 0.6 is 11.6 Å². The summed E-state index contributed by atoms with van der Waals surface area (Å²) < 4.78 is 5.78. The van der Waals surface area contributed by atoms with E-state index in [-0.39, 0.29) is 12.0 Å². The monoisotopic (exact) mass is 308 g/mol. The number of morpholine rings is 1. The van der Waals surface area contributed by atoms with Gasteiger partial charge in [-0.1, -0.05) is 23.7 Å². The van der Waals surface area contributed by atoms with Crippen molar-refractivity contribution in [2.75, 3.05) is 32.8 Å². The smallest absolute Gasteiger partial charge is 0.236 e. The topological polar surface area (TPSA) is 41.6 Å². The van der Waals surface area contributed by atoms with Crippen LogP contribution in [0.25, 0.3) is 0 Å². The number of amides is 1. The number of hydrogen-bond donors (Lipinski definition) is 1. The van der Waals surface area contributed by atoms with Crippen LogP contribution in [0.1, 0.15) is 24.5 Å². The number of nitrogens with zero attached hydrogens (tertiary/aromatic N) is 1. The Bertz CT molecular complexity index is 488. The van der Waals surface area contributed by atoms with Crippen LogP contribution in [-0.2, 0) is 9.53 Å². The molecule has 1 saturated carbocycles. The second-order valence-electron chi connectivity index (χ2n) is 5.83. The average Bonchev–Trinajstić information content (AvgIpc) is 3.32. The van der Waals surface area contributed by atoms with Crippen LogP contribution in [0.15, 0.2) is 24.3 Å². The van der Waals surface area contributed by atoms with Gasteiger partial charge in [-0.2, -0.15) is 0 Å². The second kappa shape index (κ2) is 6.77. The molecule has 0 bridgehead atoms. The zero-order valence-electron chi connectivity index (χ0n) is 12.1. The van der Waals surface area contributed by atoms with Crippen LogP contribution in [-0.4, -0.2) is 43.6 Å². The number of nitrogens with one attached hydrogen (secondary N) is 1. The zero-order chi connectivity index (χ0) is 14.7. The predicted octanol–water partition coefficient (Wildman–Crippen LogP) is 2.24. The molecule has 4 nitrogen and oxygen atoms in total. The van der Waals surface area contributed by atoms with Crippen LogP contribution in [0.4, 0.5) is 0 Å². The van der Waals surface area contributed by atoms with E-state index in [0.29, 0.717) is 31.3 Å². The molecule has 1 aromatic carbocycles. The Kier molecular flexibility index (Phi) is 4.78. The first-order chi connectivity index (χ1) is 10.2. The summed E-state index contributed by atoms with van der Waals surface area (Å²) in [6.07, 6.45) is 2.55. The molecular formula is C16H21ClN2O2. The summed E-state index contributed by atoms with van der Waals surface area (Å²) in [5.74, 6) is 0.960. The number of hydrogen-bond acceptors (Lipinski definition) is 3. The Morgan fingerprint density at radius 1 is 1.33 bits per heavy atom. The molecule has 1 amide bonds. The molecule has 1 aliphatic carbocycles. The van der Waals surface area contributed by atoms with E-state index < -0.39 is 0 Å². The summed E-state index contributed by atoms with van der Waals surface area (Å²) in [4.78, 5) is 14.1. The third-order valence-corrected chi connectivity index (χ3v) is 4.32. The van der Waals surface area contributed by atoms with Crippen molar-refractivity contribution in [1.82, 2.24) is 10.2 Å². The number of halogens is 1. The molecule has 0 aromatic heterocycles. The van der Waals surface area contributed by atoms with Gasteiger partial charge in [0.25, 0.3) is 0 Å². The van der Waals surface area contributed by atoms with Crippen LogP contribution in [0, 0.1) is 5.92 Å². The van der Waals surface area contributed by atoms with Gasteiger partial charge < -0.3 is 15.0 Å². The molecule has 21 heavy (non-hydrogen) atoms. The first-order valence-electron chi connectivity index (χ1n) is 7.58. The minimum atomic E-state index is -0.0524. The van der Waals surface area contributed by atoms with Crippen molar-refractivity contribution in [3.05, 3.63) is 34.9 Å². The highest BCUT2D eigenvalue weighted by molar-refractivity contribution is 6.30. The summed E-state index contributed by atoms with van der Waals surface area (Å²) in [6.45, 7) is 3.28. The maximum absolute atomic E-state index is 12.2. The Morgan fingerprint density at radius 3 is 2.81 bits per heavy atom. The van der Waals surface area contributed by atoms with Crippen molar-refractivity contribution in [1.29, 1.82) is 0 Å². The SMILES string of the molecule is O=C(CNCC1CC1)N1CCOC(c2ccc(Cl)cc2)C1. The van der Waals surface area contributed by atoms with E-state index in [9.17, 15) is 4.79 Å². The lowest BCUT2D eigenvalue weighted by molar-refractivity contribution is -0.138. The Labute approximate surface area is 130 Å². The number of carbonyl (C=O) groups is 1. The largest absolute Gasteiger partial charge is 0.370 e. The fourth-order valence-electron chi connectivity index (χ4n) is 2.57. The number of carbonyl (C=O) groups excluding carboxylic acids is 1. The molecule has 3 rings (SSSR count). The summed E-state index contributed by atoms with van der Waals surface area (Å²) in [5, 5.41) is 3.97. The van der Waals surface area contributed by atoms with Gasteiger partial charge in [0.15, 0.2) is 0 Å². The summed E-state index contributed by atoms with van der Waals surface area (Å²) in [5.41, 5.74) is 1.07. The van der Waals surface area contributed by atoms with E-state index in [2.05, 4.69) is 5.32 Å². The maximum Gasteiger partial charge on any atom is 0.236 e. The first kappa shape index (κ1) is 14.8. The Balaban J connectivity index is 1.51. The van der Waals surface area contributed by atoms with E-state index in [1.807, 2.05) is 29.2 Å². The molecule has 5 heteroatoms. The third-order valence-electron chi connectivity index (χ3n) is 4.07. The lowest BCUT2D eigenvalue weighted by Gasteiger charge is -2.33. The molecule has 1 aromatic rings. The fraction of sp³-hybridized carbons (Fsp3) is 0.562. The van der Waals surface area contributed by atoms with Crippen molar-refractivity contribution in [3.8, 4) is 0 Å². The minimum Gasteiger partial charge on any atom is -0.370 e. The van der Waals surface area contributed by atoms with Gasteiger partial charge in [-0.05, 0) is 43.0 Å². The molecule has 1 N–H and O–H groups in total. The highest BCUT2D eigenvalue weighted by Gasteiger charge is 2.26. The summed E-state index contributed by atoms with van der Waals surface area (Å²) in [6, 6.07) is 7.65. The lowest BCUT2D eigenvalue weighted by Crippen LogP contribution is -2.46. The van der Waals surface area contributed by atoms with Gasteiger partial charge >= 0.3 is 0 Å². The molecule has 2 fully saturated rings. The first-order valence-corrected chi connectivity index (χ1v) is 7.96. The highest BCUT2D eigenvalue weighted by atomic mass is 35.5. The van der Waals surface area contributed by atoms with E-state index in [4.69, 9.17) is 16.3 Å². The van der Waals surface area contributed by atoms with Crippen molar-refractivity contribution in [2.24, 2.45) is 5.92 Å². The number of ether oxygens (including phenoxy) is 1. The Morgan fingerprint density at radius 2 is 2.10 bits per heavy atom. The van der Waals surface area contributed by atoms with Crippen LogP contribution in [0.3, 0.4) is 0 Å². The molecule has 1 atom stereocenters. The maximum atomic E-state index is 12.2. The van der Waals surface area contributed by atoms with Crippen molar-refractivity contribution < 1.29 is 9.53 Å². The molecule has 2 aliphatic rings. The second-order valence-corrected chi connectivity index (χ2v) is 6.26. The predicted molar refractivity (Wildman–Crippen MR) is 82.3 cm³/mol. The number of rotatable bonds is 5. The zero-order valence-corrected chi connectivity index (χ0v) is 12.8. The molecular weight excluding hydrogens is 288 g/mol. The standard InChI is InChI=1S/C16H21ClN2O2/c17-14-5-3-13(4-6-14)15-11-19(7-8-21-15)16(20)10-18-9-12-1-2-12/h3-6,12,15,18H,1-2,7-11H2. The summed E-state index contributed by atoms with van der Waals surface area (Å²) in [7, 11) is 0. The quantitative estimate of drug-likeness (QED) is 0.907. The molecule has 114 valence electrons. The van der Waals surface area contributed by atoms with E-state index >= 15 is 0 Å². The van der Waals surface area contributed by atoms with Gasteiger partial charge in [0.05, 0.1) is 19.7 Å². The molecule has 1 saturated heterocycles. The molecule has 1 heterocycles. The number of benzene rings is 1. The van der Waals surface area contributed by atoms with Gasteiger partial charge in [0.1, 0.15) is 6.10 Å². The van der Waals surface area contributed by atoms with Gasteiger partial charge in [-0.25, -0.2) is 0 Å². The van der Waals surface area contributed by atoms with Gasteiger partial charge in [-0.15, -0.1) is 0 Å². The highest BCUT2D eigenvalue weighted by Crippen LogP contribution is 2.27. The third kappa shape index (κ3) is 4.19. The molecule has 1 unspecified atom stereocenters. The van der Waals surface area contributed by atoms with Gasteiger partial charge in [0.2, 0.25) is 5.91 Å². The van der Waals surface area contributed by atoms with Gasteiger partial charge in [0, 0.05) is 11.6 Å². The normalized spacial score (nSPS) is 22.3. The average molecular weight is 309 g/mol. The minimum absolute atomic E-state index is 0.0524. The fourth-order valence-corrected chi connectivity index (χ4v) is 2.70. The van der Waals surface area contributed by atoms with Crippen LogP contribution in [0.2, 0.25) is 5.02 Å². The van der Waals surface area contributed by atoms with Crippen molar-refractivity contribution in [2.45, 2.75) is 18.9 Å². The lowest BCUT2D eigenvalue weighted by atomic mass is 10.1. The molecule has 1 aliphatic heterocycles. The summed E-state index contributed by atoms with van der Waals surface area (Å²) >= 11 is 5.90. The molecule has 0 radical (unpaired) electrons.